The smallest absolute Gasteiger partial charge is 0.145 e. The van der Waals surface area contributed by atoms with Gasteiger partial charge in [0, 0.05) is 12.1 Å². The van der Waals surface area contributed by atoms with Gasteiger partial charge in [-0.25, -0.2) is 0 Å². The van der Waals surface area contributed by atoms with E-state index < -0.39 is 0 Å². The van der Waals surface area contributed by atoms with E-state index in [1.54, 1.807) is 0 Å². The molecule has 4 nitrogen and oxygen atoms in total. The first-order valence-corrected chi connectivity index (χ1v) is 11.1. The second kappa shape index (κ2) is 8.55. The number of carbonyl (C=O) groups excluding carboxylic acids is 1. The summed E-state index contributed by atoms with van der Waals surface area (Å²) in [7, 11) is 0. The number of ether oxygens (including phenoxy) is 1. The number of ketones is 1. The number of hydrogen-bond donors (Lipinski definition) is 2. The van der Waals surface area contributed by atoms with E-state index in [1.165, 1.54) is 12.8 Å². The van der Waals surface area contributed by atoms with Crippen LogP contribution in [0.3, 0.4) is 0 Å². The number of hydrogen-bond acceptors (Lipinski definition) is 4. The van der Waals surface area contributed by atoms with Crippen LogP contribution < -0.4 is 15.4 Å². The Morgan fingerprint density at radius 1 is 1.03 bits per heavy atom. The molecule has 1 aliphatic heterocycles. The predicted octanol–water partition coefficient (Wildman–Crippen LogP) is 6.33. The van der Waals surface area contributed by atoms with Gasteiger partial charge in [0.05, 0.1) is 29.9 Å². The lowest BCUT2D eigenvalue weighted by Gasteiger charge is -2.35. The van der Waals surface area contributed by atoms with E-state index >= 15 is 0 Å². The maximum Gasteiger partial charge on any atom is 0.145 e. The Bertz CT molecular complexity index is 930. The molecular weight excluding hydrogens is 372 g/mol. The second-order valence-corrected chi connectivity index (χ2v) is 9.13. The van der Waals surface area contributed by atoms with Gasteiger partial charge in [0.25, 0.3) is 0 Å². The molecule has 0 unspecified atom stereocenters. The average Bonchev–Trinajstić information content (AvgIpc) is 2.87. The van der Waals surface area contributed by atoms with Crippen LogP contribution in [0.25, 0.3) is 0 Å². The predicted molar refractivity (Wildman–Crippen MR) is 123 cm³/mol. The van der Waals surface area contributed by atoms with Crippen LogP contribution in [-0.4, -0.2) is 12.4 Å². The van der Waals surface area contributed by atoms with Crippen LogP contribution in [0.15, 0.2) is 60.3 Å². The van der Waals surface area contributed by atoms with Crippen LogP contribution >= 0.6 is 0 Å². The Kier molecular flexibility index (Phi) is 5.85. The summed E-state index contributed by atoms with van der Waals surface area (Å²) in [6.07, 6.45) is 6.24. The van der Waals surface area contributed by atoms with E-state index in [2.05, 4.69) is 61.7 Å². The van der Waals surface area contributed by atoms with Crippen molar-refractivity contribution < 1.29 is 9.53 Å². The van der Waals surface area contributed by atoms with Crippen molar-refractivity contribution >= 4 is 17.2 Å². The topological polar surface area (TPSA) is 50.4 Å². The highest BCUT2D eigenvalue weighted by Gasteiger charge is 2.41. The number of carbonyl (C=O) groups is 1. The molecule has 0 aromatic heterocycles. The average molecular weight is 405 g/mol. The third kappa shape index (κ3) is 4.38. The fourth-order valence-electron chi connectivity index (χ4n) is 4.49. The Labute approximate surface area is 179 Å². The quantitative estimate of drug-likeness (QED) is 0.552. The van der Waals surface area contributed by atoms with E-state index in [0.717, 1.165) is 41.4 Å². The second-order valence-electron chi connectivity index (χ2n) is 9.13. The van der Waals surface area contributed by atoms with Crippen molar-refractivity contribution in [1.29, 1.82) is 0 Å². The number of nitrogens with one attached hydrogen (secondary N) is 2. The molecule has 2 N–H and O–H groups in total. The lowest BCUT2D eigenvalue weighted by Crippen LogP contribution is -2.36. The normalized spacial score (nSPS) is 22.0. The molecule has 2 aliphatic rings. The summed E-state index contributed by atoms with van der Waals surface area (Å²) in [6, 6.07) is 16.3. The molecule has 0 radical (unpaired) electrons. The molecule has 30 heavy (non-hydrogen) atoms. The maximum atomic E-state index is 13.3. The number of unbranched alkanes of at least 4 members (excludes halogenated alkanes) is 2. The van der Waals surface area contributed by atoms with E-state index in [-0.39, 0.29) is 23.2 Å². The van der Waals surface area contributed by atoms with Crippen LogP contribution in [0.4, 0.5) is 11.4 Å². The number of anilines is 2. The number of fused-ring (bicyclic) bond motifs is 2. The molecule has 158 valence electrons. The lowest BCUT2D eigenvalue weighted by molar-refractivity contribution is -0.124. The Balaban J connectivity index is 1.65. The molecule has 0 spiro atoms. The molecule has 2 aromatic carbocycles. The summed E-state index contributed by atoms with van der Waals surface area (Å²) < 4.78 is 5.88. The van der Waals surface area contributed by atoms with Gasteiger partial charge in [0.15, 0.2) is 0 Å². The van der Waals surface area contributed by atoms with Gasteiger partial charge in [-0.3, -0.25) is 4.79 Å². The molecule has 4 heteroatoms. The van der Waals surface area contributed by atoms with Crippen molar-refractivity contribution in [2.45, 2.75) is 52.5 Å². The highest BCUT2D eigenvalue weighted by Crippen LogP contribution is 2.45. The van der Waals surface area contributed by atoms with Crippen molar-refractivity contribution in [3.63, 3.8) is 0 Å². The molecule has 0 saturated carbocycles. The largest absolute Gasteiger partial charge is 0.494 e. The number of Topliss-reactive ketones (excluding diaryl/α,β-unsaturated/α-hetero) is 1. The number of benzene rings is 2. The summed E-state index contributed by atoms with van der Waals surface area (Å²) in [4.78, 5) is 13.3. The summed E-state index contributed by atoms with van der Waals surface area (Å²) in [5.74, 6) is 0.922. The van der Waals surface area contributed by atoms with Crippen LogP contribution in [0.1, 0.15) is 58.1 Å². The van der Waals surface area contributed by atoms with Gasteiger partial charge in [0.2, 0.25) is 0 Å². The fraction of sp³-hybridized carbons (Fsp3) is 0.423. The van der Waals surface area contributed by atoms with Gasteiger partial charge in [-0.1, -0.05) is 64.0 Å². The summed E-state index contributed by atoms with van der Waals surface area (Å²) in [6.45, 7) is 7.19. The maximum absolute atomic E-state index is 13.3. The van der Waals surface area contributed by atoms with Crippen LogP contribution in [0, 0.1) is 11.3 Å². The van der Waals surface area contributed by atoms with Gasteiger partial charge in [-0.2, -0.15) is 0 Å². The highest BCUT2D eigenvalue weighted by molar-refractivity contribution is 5.90. The van der Waals surface area contributed by atoms with Gasteiger partial charge in [-0.15, -0.1) is 0 Å². The van der Waals surface area contributed by atoms with Crippen molar-refractivity contribution in [2.24, 2.45) is 11.3 Å². The minimum absolute atomic E-state index is 0.120. The van der Waals surface area contributed by atoms with Crippen LogP contribution in [0.5, 0.6) is 5.75 Å². The van der Waals surface area contributed by atoms with E-state index in [9.17, 15) is 4.79 Å². The SMILES string of the molecule is CCCCCOc1ccc([C@@H]2Nc3ccccc3NC3=CC(C)(C)CC(=O)[C@H]32)cc1. The van der Waals surface area contributed by atoms with Crippen molar-refractivity contribution in [2.75, 3.05) is 17.2 Å². The first-order valence-electron chi connectivity index (χ1n) is 11.1. The zero-order valence-electron chi connectivity index (χ0n) is 18.2. The molecule has 0 saturated heterocycles. The molecule has 0 bridgehead atoms. The monoisotopic (exact) mass is 404 g/mol. The first kappa shape index (κ1) is 20.5. The summed E-state index contributed by atoms with van der Waals surface area (Å²) in [5, 5.41) is 7.20. The lowest BCUT2D eigenvalue weighted by atomic mass is 9.72. The van der Waals surface area contributed by atoms with Gasteiger partial charge < -0.3 is 15.4 Å². The summed E-state index contributed by atoms with van der Waals surface area (Å²) >= 11 is 0. The van der Waals surface area contributed by atoms with Crippen molar-refractivity contribution in [1.82, 2.24) is 0 Å². The third-order valence-electron chi connectivity index (χ3n) is 5.96. The van der Waals surface area contributed by atoms with Gasteiger partial charge >= 0.3 is 0 Å². The number of para-hydroxylation sites is 2. The summed E-state index contributed by atoms with van der Waals surface area (Å²) in [5.41, 5.74) is 3.98. The Hall–Kier alpha value is -2.75. The van der Waals surface area contributed by atoms with E-state index in [0.29, 0.717) is 6.42 Å². The Morgan fingerprint density at radius 2 is 1.77 bits per heavy atom. The molecule has 1 aliphatic carbocycles. The standard InChI is InChI=1S/C26H32N2O2/c1-4-5-8-15-30-19-13-11-18(12-14-19)25-24-22(16-26(2,3)17-23(24)29)27-20-9-6-7-10-21(20)28-25/h6-7,9-14,16,24-25,27-28H,4-5,8,15,17H2,1-3H3/t24-,25-/m0/s1. The molecule has 2 atom stereocenters. The number of rotatable bonds is 6. The van der Waals surface area contributed by atoms with Crippen LogP contribution in [0.2, 0.25) is 0 Å². The first-order chi connectivity index (χ1) is 14.5. The molecule has 0 fully saturated rings. The zero-order chi connectivity index (χ0) is 21.1. The Morgan fingerprint density at radius 3 is 2.50 bits per heavy atom. The fourth-order valence-corrected chi connectivity index (χ4v) is 4.49. The molecule has 1 heterocycles. The van der Waals surface area contributed by atoms with E-state index in [4.69, 9.17) is 4.74 Å². The highest BCUT2D eigenvalue weighted by atomic mass is 16.5. The van der Waals surface area contributed by atoms with Crippen LogP contribution in [-0.2, 0) is 4.79 Å². The van der Waals surface area contributed by atoms with Crippen molar-refractivity contribution in [3.05, 3.63) is 65.9 Å². The molecule has 0 amide bonds. The number of allylic oxidation sites excluding steroid dienone is 1. The molecular formula is C26H32N2O2. The molecule has 2 aromatic rings. The minimum atomic E-state index is -0.234. The van der Waals surface area contributed by atoms with E-state index in [1.807, 2.05) is 24.3 Å². The van der Waals surface area contributed by atoms with Crippen molar-refractivity contribution in [3.8, 4) is 5.75 Å². The zero-order valence-corrected chi connectivity index (χ0v) is 18.2. The third-order valence-corrected chi connectivity index (χ3v) is 5.96. The van der Waals surface area contributed by atoms with Gasteiger partial charge in [0.1, 0.15) is 11.5 Å². The molecule has 4 rings (SSSR count). The van der Waals surface area contributed by atoms with Gasteiger partial charge in [-0.05, 0) is 41.7 Å². The minimum Gasteiger partial charge on any atom is -0.494 e.